The van der Waals surface area contributed by atoms with Crippen LogP contribution in [0.3, 0.4) is 0 Å². The van der Waals surface area contributed by atoms with Gasteiger partial charge < -0.3 is 5.32 Å². The monoisotopic (exact) mass is 429 g/mol. The van der Waals surface area contributed by atoms with Gasteiger partial charge in [-0.15, -0.1) is 0 Å². The first-order valence-corrected chi connectivity index (χ1v) is 11.1. The Labute approximate surface area is 185 Å². The van der Waals surface area contributed by atoms with Crippen LogP contribution in [0.5, 0.6) is 0 Å². The van der Waals surface area contributed by atoms with Crippen LogP contribution in [-0.2, 0) is 4.79 Å². The number of nitrogens with one attached hydrogen (secondary N) is 1. The van der Waals surface area contributed by atoms with Crippen molar-refractivity contribution in [3.8, 4) is 5.69 Å². The van der Waals surface area contributed by atoms with E-state index < -0.39 is 0 Å². The molecule has 0 saturated carbocycles. The second-order valence-corrected chi connectivity index (χ2v) is 8.42. The number of aromatic nitrogens is 2. The van der Waals surface area contributed by atoms with Gasteiger partial charge in [0.1, 0.15) is 0 Å². The molecule has 0 fully saturated rings. The maximum absolute atomic E-state index is 13.4. The SMILES string of the molecule is Cc1ccc(-n2c(SCCC(=O)Nc3ccccc3)nc3ccccc3c2=O)c(C)c1. The highest BCUT2D eigenvalue weighted by Crippen LogP contribution is 2.24. The third-order valence-corrected chi connectivity index (χ3v) is 5.90. The molecule has 156 valence electrons. The van der Waals surface area contributed by atoms with Gasteiger partial charge in [0, 0.05) is 17.9 Å². The van der Waals surface area contributed by atoms with Crippen LogP contribution in [0.4, 0.5) is 5.69 Å². The van der Waals surface area contributed by atoms with Gasteiger partial charge in [0.15, 0.2) is 5.16 Å². The molecule has 6 heteroatoms. The Morgan fingerprint density at radius 3 is 2.52 bits per heavy atom. The lowest BCUT2D eigenvalue weighted by atomic mass is 10.1. The molecule has 1 amide bonds. The summed E-state index contributed by atoms with van der Waals surface area (Å²) in [7, 11) is 0. The molecule has 0 radical (unpaired) electrons. The molecule has 0 saturated heterocycles. The lowest BCUT2D eigenvalue weighted by molar-refractivity contribution is -0.115. The maximum atomic E-state index is 13.4. The van der Waals surface area contributed by atoms with Crippen LogP contribution in [0.1, 0.15) is 17.5 Å². The highest BCUT2D eigenvalue weighted by Gasteiger charge is 2.15. The summed E-state index contributed by atoms with van der Waals surface area (Å²) >= 11 is 1.41. The molecular weight excluding hydrogens is 406 g/mol. The second kappa shape index (κ2) is 9.18. The number of aryl methyl sites for hydroxylation is 2. The predicted octanol–water partition coefficient (Wildman–Crippen LogP) is 5.12. The molecule has 4 rings (SSSR count). The van der Waals surface area contributed by atoms with Crippen LogP contribution in [0.15, 0.2) is 82.7 Å². The summed E-state index contributed by atoms with van der Waals surface area (Å²) in [5, 5.41) is 4.05. The van der Waals surface area contributed by atoms with Crippen molar-refractivity contribution in [2.45, 2.75) is 25.4 Å². The van der Waals surface area contributed by atoms with E-state index in [-0.39, 0.29) is 11.5 Å². The van der Waals surface area contributed by atoms with Gasteiger partial charge in [0.2, 0.25) is 5.91 Å². The van der Waals surface area contributed by atoms with Crippen molar-refractivity contribution in [1.82, 2.24) is 9.55 Å². The molecule has 0 aliphatic carbocycles. The Morgan fingerprint density at radius 1 is 1.00 bits per heavy atom. The number of hydrogen-bond acceptors (Lipinski definition) is 4. The van der Waals surface area contributed by atoms with Crippen LogP contribution in [-0.4, -0.2) is 21.2 Å². The lowest BCUT2D eigenvalue weighted by Crippen LogP contribution is -2.23. The van der Waals surface area contributed by atoms with Crippen LogP contribution >= 0.6 is 11.8 Å². The molecule has 1 aromatic heterocycles. The van der Waals surface area contributed by atoms with E-state index in [1.54, 1.807) is 10.6 Å². The molecule has 3 aromatic carbocycles. The molecule has 0 spiro atoms. The normalized spacial score (nSPS) is 10.9. The second-order valence-electron chi connectivity index (χ2n) is 7.35. The minimum atomic E-state index is -0.103. The van der Waals surface area contributed by atoms with Crippen molar-refractivity contribution in [2.24, 2.45) is 0 Å². The first kappa shape index (κ1) is 20.9. The fraction of sp³-hybridized carbons (Fsp3) is 0.160. The van der Waals surface area contributed by atoms with Crippen molar-refractivity contribution in [1.29, 1.82) is 0 Å². The van der Waals surface area contributed by atoms with Crippen LogP contribution in [0, 0.1) is 13.8 Å². The van der Waals surface area contributed by atoms with E-state index in [4.69, 9.17) is 4.98 Å². The topological polar surface area (TPSA) is 64.0 Å². The molecule has 31 heavy (non-hydrogen) atoms. The highest BCUT2D eigenvalue weighted by molar-refractivity contribution is 7.99. The molecule has 0 unspecified atom stereocenters. The lowest BCUT2D eigenvalue weighted by Gasteiger charge is -2.15. The summed E-state index contributed by atoms with van der Waals surface area (Å²) in [4.78, 5) is 30.4. The molecule has 4 aromatic rings. The number of carbonyl (C=O) groups is 1. The first-order chi connectivity index (χ1) is 15.0. The number of thioether (sulfide) groups is 1. The number of nitrogens with zero attached hydrogens (tertiary/aromatic N) is 2. The van der Waals surface area contributed by atoms with Gasteiger partial charge in [-0.25, -0.2) is 4.98 Å². The van der Waals surface area contributed by atoms with E-state index in [0.717, 1.165) is 22.5 Å². The number of amides is 1. The Hall–Kier alpha value is -3.38. The number of hydrogen-bond donors (Lipinski definition) is 1. The summed E-state index contributed by atoms with van der Waals surface area (Å²) in [5.74, 6) is 0.439. The molecule has 1 N–H and O–H groups in total. The predicted molar refractivity (Wildman–Crippen MR) is 127 cm³/mol. The minimum Gasteiger partial charge on any atom is -0.326 e. The van der Waals surface area contributed by atoms with Gasteiger partial charge >= 0.3 is 0 Å². The summed E-state index contributed by atoms with van der Waals surface area (Å²) in [6.07, 6.45) is 0.315. The first-order valence-electron chi connectivity index (χ1n) is 10.1. The van der Waals surface area contributed by atoms with Gasteiger partial charge in [-0.05, 0) is 49.7 Å². The minimum absolute atomic E-state index is 0.0695. The van der Waals surface area contributed by atoms with E-state index in [9.17, 15) is 9.59 Å². The Balaban J connectivity index is 1.63. The third kappa shape index (κ3) is 4.70. The molecule has 0 bridgehead atoms. The van der Waals surface area contributed by atoms with E-state index in [0.29, 0.717) is 28.2 Å². The van der Waals surface area contributed by atoms with E-state index in [2.05, 4.69) is 11.4 Å². The van der Waals surface area contributed by atoms with E-state index in [1.807, 2.05) is 74.5 Å². The number of fused-ring (bicyclic) bond motifs is 1. The zero-order valence-electron chi connectivity index (χ0n) is 17.5. The highest BCUT2D eigenvalue weighted by atomic mass is 32.2. The number of benzene rings is 3. The van der Waals surface area contributed by atoms with Crippen molar-refractivity contribution in [2.75, 3.05) is 11.1 Å². The summed E-state index contributed by atoms with van der Waals surface area (Å²) < 4.78 is 1.66. The number of para-hydroxylation sites is 2. The summed E-state index contributed by atoms with van der Waals surface area (Å²) in [6, 6.07) is 22.7. The van der Waals surface area contributed by atoms with Gasteiger partial charge in [0.05, 0.1) is 16.6 Å². The fourth-order valence-corrected chi connectivity index (χ4v) is 4.40. The van der Waals surface area contributed by atoms with Crippen molar-refractivity contribution in [3.63, 3.8) is 0 Å². The number of rotatable bonds is 6. The fourth-order valence-electron chi connectivity index (χ4n) is 3.46. The largest absolute Gasteiger partial charge is 0.326 e. The van der Waals surface area contributed by atoms with Crippen LogP contribution in [0.25, 0.3) is 16.6 Å². The van der Waals surface area contributed by atoms with Crippen molar-refractivity contribution >= 4 is 34.3 Å². The zero-order chi connectivity index (χ0) is 21.8. The molecule has 0 aliphatic heterocycles. The van der Waals surface area contributed by atoms with Gasteiger partial charge in [-0.3, -0.25) is 14.2 Å². The van der Waals surface area contributed by atoms with Crippen LogP contribution < -0.4 is 10.9 Å². The molecular formula is C25H23N3O2S. The van der Waals surface area contributed by atoms with Gasteiger partial charge in [-0.1, -0.05) is 59.8 Å². The average Bonchev–Trinajstić information content (AvgIpc) is 2.76. The smallest absolute Gasteiger partial charge is 0.266 e. The summed E-state index contributed by atoms with van der Waals surface area (Å²) in [5.41, 5.74) is 4.27. The molecule has 0 atom stereocenters. The Bertz CT molecular complexity index is 1300. The van der Waals surface area contributed by atoms with Crippen LogP contribution in [0.2, 0.25) is 0 Å². The van der Waals surface area contributed by atoms with Gasteiger partial charge in [0.25, 0.3) is 5.56 Å². The van der Waals surface area contributed by atoms with Crippen molar-refractivity contribution < 1.29 is 4.79 Å². The quantitative estimate of drug-likeness (QED) is 0.341. The van der Waals surface area contributed by atoms with E-state index >= 15 is 0 Å². The Kier molecular flexibility index (Phi) is 6.18. The number of carbonyl (C=O) groups excluding carboxylic acids is 1. The zero-order valence-corrected chi connectivity index (χ0v) is 18.3. The number of anilines is 1. The molecule has 5 nitrogen and oxygen atoms in total. The standard InChI is InChI=1S/C25H23N3O2S/c1-17-12-13-22(18(2)16-17)28-24(30)20-10-6-7-11-21(20)27-25(28)31-15-14-23(29)26-19-8-4-3-5-9-19/h3-13,16H,14-15H2,1-2H3,(H,26,29). The average molecular weight is 430 g/mol. The van der Waals surface area contributed by atoms with E-state index in [1.165, 1.54) is 11.8 Å². The maximum Gasteiger partial charge on any atom is 0.266 e. The summed E-state index contributed by atoms with van der Waals surface area (Å²) in [6.45, 7) is 4.02. The molecule has 1 heterocycles. The van der Waals surface area contributed by atoms with Gasteiger partial charge in [-0.2, -0.15) is 0 Å². The third-order valence-electron chi connectivity index (χ3n) is 4.96. The van der Waals surface area contributed by atoms with Crippen molar-refractivity contribution in [3.05, 3.63) is 94.3 Å². The molecule has 0 aliphatic rings. The Morgan fingerprint density at radius 2 is 1.74 bits per heavy atom.